The van der Waals surface area contributed by atoms with Crippen LogP contribution in [0.15, 0.2) is 18.2 Å². The number of nitrogens with one attached hydrogen (secondary N) is 1. The van der Waals surface area contributed by atoms with Gasteiger partial charge in [0, 0.05) is 19.4 Å². The maximum absolute atomic E-state index is 11.5. The molecule has 0 heterocycles. The molecular weight excluding hydrogens is 268 g/mol. The Balaban J connectivity index is 2.99. The van der Waals surface area contributed by atoms with E-state index in [2.05, 4.69) is 10.1 Å². The number of esters is 1. The number of phenols is 1. The van der Waals surface area contributed by atoms with Crippen LogP contribution in [0, 0.1) is 10.1 Å². The highest BCUT2D eigenvalue weighted by atomic mass is 16.6. The highest BCUT2D eigenvalue weighted by Crippen LogP contribution is 2.26. The van der Waals surface area contributed by atoms with Gasteiger partial charge in [-0.2, -0.15) is 0 Å². The second-order valence-corrected chi connectivity index (χ2v) is 4.06. The number of carbonyl (C=O) groups is 2. The van der Waals surface area contributed by atoms with Crippen LogP contribution in [-0.2, 0) is 20.7 Å². The molecule has 1 aromatic carbocycles. The summed E-state index contributed by atoms with van der Waals surface area (Å²) >= 11 is 0. The number of nitrogens with zero attached hydrogens (tertiary/aromatic N) is 1. The van der Waals surface area contributed by atoms with Crippen molar-refractivity contribution in [1.29, 1.82) is 0 Å². The average molecular weight is 282 g/mol. The van der Waals surface area contributed by atoms with Crippen LogP contribution in [0.4, 0.5) is 5.69 Å². The van der Waals surface area contributed by atoms with E-state index in [-0.39, 0.29) is 6.42 Å². The van der Waals surface area contributed by atoms with Gasteiger partial charge in [0.05, 0.1) is 12.0 Å². The summed E-state index contributed by atoms with van der Waals surface area (Å²) in [5.41, 5.74) is -0.0485. The zero-order valence-electron chi connectivity index (χ0n) is 11.0. The van der Waals surface area contributed by atoms with Gasteiger partial charge in [-0.3, -0.25) is 14.9 Å². The quantitative estimate of drug-likeness (QED) is 0.461. The summed E-state index contributed by atoms with van der Waals surface area (Å²) in [6.45, 7) is 1.25. The van der Waals surface area contributed by atoms with Crippen molar-refractivity contribution in [2.75, 3.05) is 7.11 Å². The number of nitro groups is 1. The predicted octanol–water partition coefficient (Wildman–Crippen LogP) is 0.521. The van der Waals surface area contributed by atoms with E-state index in [0.29, 0.717) is 5.56 Å². The van der Waals surface area contributed by atoms with E-state index in [9.17, 15) is 24.8 Å². The summed E-state index contributed by atoms with van der Waals surface area (Å²) in [6.07, 6.45) is 0.0212. The van der Waals surface area contributed by atoms with Crippen molar-refractivity contribution < 1.29 is 24.4 Å². The van der Waals surface area contributed by atoms with Crippen LogP contribution >= 0.6 is 0 Å². The van der Waals surface area contributed by atoms with Gasteiger partial charge in [-0.25, -0.2) is 4.79 Å². The number of hydrogen-bond acceptors (Lipinski definition) is 6. The van der Waals surface area contributed by atoms with Crippen molar-refractivity contribution in [3.05, 3.63) is 33.9 Å². The van der Waals surface area contributed by atoms with E-state index >= 15 is 0 Å². The minimum Gasteiger partial charge on any atom is -0.502 e. The molecule has 0 aliphatic rings. The monoisotopic (exact) mass is 282 g/mol. The number of aromatic hydroxyl groups is 1. The zero-order valence-corrected chi connectivity index (χ0v) is 11.0. The lowest BCUT2D eigenvalue weighted by Crippen LogP contribution is -2.41. The molecule has 0 aromatic heterocycles. The Morgan fingerprint density at radius 2 is 2.15 bits per heavy atom. The Labute approximate surface area is 114 Å². The normalized spacial score (nSPS) is 11.5. The Kier molecular flexibility index (Phi) is 5.01. The smallest absolute Gasteiger partial charge is 0.328 e. The number of carbonyl (C=O) groups excluding carboxylic acids is 2. The third-order valence-electron chi connectivity index (χ3n) is 2.54. The standard InChI is InChI=1S/C12H14N2O6/c1-7(15)13-9(12(17)20-2)5-8-3-4-11(16)10(6-8)14(18)19/h3-4,6,9,16H,5H2,1-2H3,(H,13,15). The number of benzene rings is 1. The third kappa shape index (κ3) is 3.94. The van der Waals surface area contributed by atoms with Crippen LogP contribution in [0.5, 0.6) is 5.75 Å². The molecule has 8 heteroatoms. The first-order valence-corrected chi connectivity index (χ1v) is 5.66. The fraction of sp³-hybridized carbons (Fsp3) is 0.333. The minimum atomic E-state index is -0.943. The second kappa shape index (κ2) is 6.50. The molecule has 0 radical (unpaired) electrons. The lowest BCUT2D eigenvalue weighted by atomic mass is 10.0. The lowest BCUT2D eigenvalue weighted by Gasteiger charge is -2.15. The van der Waals surface area contributed by atoms with Crippen LogP contribution in [0.3, 0.4) is 0 Å². The van der Waals surface area contributed by atoms with E-state index in [1.807, 2.05) is 0 Å². The molecular formula is C12H14N2O6. The first-order valence-electron chi connectivity index (χ1n) is 5.66. The number of nitro benzene ring substituents is 1. The Bertz CT molecular complexity index is 543. The number of amides is 1. The average Bonchev–Trinajstić information content (AvgIpc) is 2.38. The zero-order chi connectivity index (χ0) is 15.3. The highest BCUT2D eigenvalue weighted by molar-refractivity contribution is 5.83. The maximum atomic E-state index is 11.5. The highest BCUT2D eigenvalue weighted by Gasteiger charge is 2.22. The van der Waals surface area contributed by atoms with Gasteiger partial charge >= 0.3 is 11.7 Å². The van der Waals surface area contributed by atoms with Gasteiger partial charge in [-0.1, -0.05) is 6.07 Å². The van der Waals surface area contributed by atoms with Crippen molar-refractivity contribution in [3.63, 3.8) is 0 Å². The Hall–Kier alpha value is -2.64. The van der Waals surface area contributed by atoms with Crippen molar-refractivity contribution in [3.8, 4) is 5.75 Å². The molecule has 1 unspecified atom stereocenters. The van der Waals surface area contributed by atoms with E-state index in [1.165, 1.54) is 20.1 Å². The Morgan fingerprint density at radius 3 is 2.65 bits per heavy atom. The van der Waals surface area contributed by atoms with Gasteiger partial charge in [0.15, 0.2) is 5.75 Å². The molecule has 1 amide bonds. The number of hydrogen-bond donors (Lipinski definition) is 2. The predicted molar refractivity (Wildman–Crippen MR) is 68.1 cm³/mol. The summed E-state index contributed by atoms with van der Waals surface area (Å²) in [4.78, 5) is 32.5. The van der Waals surface area contributed by atoms with Gasteiger partial charge in [0.25, 0.3) is 0 Å². The first-order chi connectivity index (χ1) is 9.35. The minimum absolute atomic E-state index is 0.0212. The van der Waals surface area contributed by atoms with Gasteiger partial charge in [-0.15, -0.1) is 0 Å². The van der Waals surface area contributed by atoms with E-state index in [1.54, 1.807) is 0 Å². The Morgan fingerprint density at radius 1 is 1.50 bits per heavy atom. The molecule has 0 bridgehead atoms. The van der Waals surface area contributed by atoms with Crippen LogP contribution in [0.2, 0.25) is 0 Å². The van der Waals surface area contributed by atoms with Crippen molar-refractivity contribution >= 4 is 17.6 Å². The lowest BCUT2D eigenvalue weighted by molar-refractivity contribution is -0.385. The van der Waals surface area contributed by atoms with Crippen molar-refractivity contribution in [1.82, 2.24) is 5.32 Å². The number of methoxy groups -OCH3 is 1. The molecule has 0 saturated carbocycles. The number of ether oxygens (including phenoxy) is 1. The van der Waals surface area contributed by atoms with Crippen LogP contribution in [0.25, 0.3) is 0 Å². The number of rotatable bonds is 5. The fourth-order valence-corrected chi connectivity index (χ4v) is 1.66. The molecule has 8 nitrogen and oxygen atoms in total. The van der Waals surface area contributed by atoms with Crippen LogP contribution < -0.4 is 5.32 Å². The third-order valence-corrected chi connectivity index (χ3v) is 2.54. The molecule has 0 aliphatic carbocycles. The van der Waals surface area contributed by atoms with Crippen LogP contribution in [0.1, 0.15) is 12.5 Å². The SMILES string of the molecule is COC(=O)C(Cc1ccc(O)c([N+](=O)[O-])c1)NC(C)=O. The molecule has 2 N–H and O–H groups in total. The van der Waals surface area contributed by atoms with Gasteiger partial charge in [0.2, 0.25) is 5.91 Å². The molecule has 0 saturated heterocycles. The molecule has 1 aromatic rings. The summed E-state index contributed by atoms with van der Waals surface area (Å²) < 4.78 is 4.55. The maximum Gasteiger partial charge on any atom is 0.328 e. The van der Waals surface area contributed by atoms with Crippen molar-refractivity contribution in [2.24, 2.45) is 0 Å². The van der Waals surface area contributed by atoms with E-state index < -0.39 is 34.3 Å². The molecule has 108 valence electrons. The van der Waals surface area contributed by atoms with Gasteiger partial charge in [0.1, 0.15) is 6.04 Å². The summed E-state index contributed by atoms with van der Waals surface area (Å²) in [7, 11) is 1.18. The summed E-state index contributed by atoms with van der Waals surface area (Å²) in [5, 5.41) is 22.4. The largest absolute Gasteiger partial charge is 0.502 e. The summed E-state index contributed by atoms with van der Waals surface area (Å²) in [5.74, 6) is -1.54. The molecule has 0 fully saturated rings. The first kappa shape index (κ1) is 15.4. The van der Waals surface area contributed by atoms with Gasteiger partial charge in [-0.05, 0) is 11.6 Å². The molecule has 0 spiro atoms. The second-order valence-electron chi connectivity index (χ2n) is 4.06. The van der Waals surface area contributed by atoms with Crippen molar-refractivity contribution in [2.45, 2.75) is 19.4 Å². The van der Waals surface area contributed by atoms with Crippen LogP contribution in [-0.4, -0.2) is 35.1 Å². The molecule has 0 aliphatic heterocycles. The van der Waals surface area contributed by atoms with E-state index in [0.717, 1.165) is 12.1 Å². The topological polar surface area (TPSA) is 119 Å². The molecule has 1 atom stereocenters. The summed E-state index contributed by atoms with van der Waals surface area (Å²) in [6, 6.07) is 2.80. The number of phenolic OH excluding ortho intramolecular Hbond substituents is 1. The molecule has 20 heavy (non-hydrogen) atoms. The fourth-order valence-electron chi connectivity index (χ4n) is 1.66. The molecule has 1 rings (SSSR count). The van der Waals surface area contributed by atoms with E-state index in [4.69, 9.17) is 0 Å². The van der Waals surface area contributed by atoms with Gasteiger partial charge < -0.3 is 15.2 Å².